The van der Waals surface area contributed by atoms with Gasteiger partial charge in [-0.1, -0.05) is 0 Å². The molecule has 1 aromatic carbocycles. The van der Waals surface area contributed by atoms with Gasteiger partial charge in [0.15, 0.2) is 0 Å². The number of alkyl halides is 3. The molecule has 1 rings (SSSR count). The Bertz CT molecular complexity index is 611. The first kappa shape index (κ1) is 17.7. The van der Waals surface area contributed by atoms with E-state index in [1.807, 2.05) is 0 Å². The molecule has 1 aromatic rings. The van der Waals surface area contributed by atoms with Gasteiger partial charge in [-0.25, -0.2) is 12.8 Å². The summed E-state index contributed by atoms with van der Waals surface area (Å²) in [6.07, 6.45) is 0.163. The van der Waals surface area contributed by atoms with Crippen molar-refractivity contribution >= 4 is 15.5 Å². The third kappa shape index (κ3) is 4.07. The second-order valence-corrected chi connectivity index (χ2v) is 6.98. The maximum atomic E-state index is 13.1. The molecule has 9 heteroatoms. The number of aliphatic hydroxyl groups excluding tert-OH is 1. The number of nitrogens with one attached hydrogen (secondary N) is 1. The average Bonchev–Trinajstić information content (AvgIpc) is 2.29. The summed E-state index contributed by atoms with van der Waals surface area (Å²) in [6.45, 7) is 2.88. The van der Waals surface area contributed by atoms with Crippen LogP contribution in [0.2, 0.25) is 0 Å². The summed E-state index contributed by atoms with van der Waals surface area (Å²) >= 11 is 0. The lowest BCUT2D eigenvalue weighted by molar-refractivity contribution is -0.0435. The molecule has 0 atom stereocenters. The van der Waals surface area contributed by atoms with Gasteiger partial charge in [0, 0.05) is 12.1 Å². The van der Waals surface area contributed by atoms with Gasteiger partial charge in [-0.3, -0.25) is 0 Å². The van der Waals surface area contributed by atoms with Crippen LogP contribution < -0.4 is 5.32 Å². The van der Waals surface area contributed by atoms with Crippen molar-refractivity contribution in [1.29, 1.82) is 0 Å². The molecule has 21 heavy (non-hydrogen) atoms. The zero-order chi connectivity index (χ0) is 16.5. The Kier molecular flexibility index (Phi) is 4.89. The van der Waals surface area contributed by atoms with E-state index in [4.69, 9.17) is 5.11 Å². The van der Waals surface area contributed by atoms with Gasteiger partial charge in [0.05, 0.1) is 5.69 Å². The van der Waals surface area contributed by atoms with Crippen LogP contribution in [0.4, 0.5) is 23.2 Å². The fraction of sp³-hybridized carbons (Fsp3) is 0.500. The predicted octanol–water partition coefficient (Wildman–Crippen LogP) is 2.69. The van der Waals surface area contributed by atoms with Crippen LogP contribution >= 0.6 is 0 Å². The zero-order valence-corrected chi connectivity index (χ0v) is 12.1. The predicted molar refractivity (Wildman–Crippen MR) is 69.0 cm³/mol. The van der Waals surface area contributed by atoms with E-state index in [9.17, 15) is 26.0 Å². The van der Waals surface area contributed by atoms with E-state index < -0.39 is 31.6 Å². The normalized spacial score (nSPS) is 13.3. The molecule has 0 saturated carbocycles. The van der Waals surface area contributed by atoms with Crippen LogP contribution in [0.5, 0.6) is 0 Å². The van der Waals surface area contributed by atoms with Crippen molar-refractivity contribution in [3.8, 4) is 0 Å². The topological polar surface area (TPSA) is 66.4 Å². The van der Waals surface area contributed by atoms with E-state index in [1.165, 1.54) is 0 Å². The van der Waals surface area contributed by atoms with Crippen molar-refractivity contribution in [3.63, 3.8) is 0 Å². The van der Waals surface area contributed by atoms with Crippen LogP contribution in [-0.4, -0.2) is 31.2 Å². The largest absolute Gasteiger partial charge is 0.501 e. The number of rotatable bonds is 5. The first-order valence-corrected chi connectivity index (χ1v) is 7.39. The molecule has 0 fully saturated rings. The van der Waals surface area contributed by atoms with Gasteiger partial charge < -0.3 is 10.4 Å². The van der Waals surface area contributed by atoms with Gasteiger partial charge in [-0.15, -0.1) is 0 Å². The first-order valence-electron chi connectivity index (χ1n) is 5.91. The molecule has 0 amide bonds. The van der Waals surface area contributed by atoms with Crippen LogP contribution in [0.1, 0.15) is 20.3 Å². The number of aliphatic hydroxyl groups is 1. The maximum Gasteiger partial charge on any atom is 0.501 e. The molecule has 0 aliphatic heterocycles. The van der Waals surface area contributed by atoms with E-state index in [1.54, 1.807) is 13.8 Å². The lowest BCUT2D eigenvalue weighted by atomic mass is 10.0. The van der Waals surface area contributed by atoms with Crippen molar-refractivity contribution < 1.29 is 31.1 Å². The number of hydrogen-bond donors (Lipinski definition) is 2. The summed E-state index contributed by atoms with van der Waals surface area (Å²) in [6, 6.07) is 2.10. The number of sulfone groups is 1. The molecule has 0 saturated heterocycles. The molecule has 0 heterocycles. The summed E-state index contributed by atoms with van der Waals surface area (Å²) in [5.41, 5.74) is -6.77. The fourth-order valence-electron chi connectivity index (χ4n) is 1.65. The molecule has 4 nitrogen and oxygen atoms in total. The number of benzene rings is 1. The molecule has 0 spiro atoms. The van der Waals surface area contributed by atoms with Crippen molar-refractivity contribution in [2.75, 3.05) is 11.9 Å². The highest BCUT2D eigenvalue weighted by Gasteiger charge is 2.48. The minimum atomic E-state index is -5.68. The SMILES string of the molecule is CC(C)(CCO)Nc1ccc(F)cc1S(=O)(=O)C(F)(F)F. The molecule has 2 N–H and O–H groups in total. The molecule has 0 aromatic heterocycles. The van der Waals surface area contributed by atoms with E-state index in [0.717, 1.165) is 12.1 Å². The van der Waals surface area contributed by atoms with E-state index in [0.29, 0.717) is 6.07 Å². The van der Waals surface area contributed by atoms with Gasteiger partial charge in [0.25, 0.3) is 9.84 Å². The Hall–Kier alpha value is -1.35. The zero-order valence-electron chi connectivity index (χ0n) is 11.3. The van der Waals surface area contributed by atoms with Crippen LogP contribution in [-0.2, 0) is 9.84 Å². The third-order valence-electron chi connectivity index (χ3n) is 2.75. The Balaban J connectivity index is 3.37. The lowest BCUT2D eigenvalue weighted by Gasteiger charge is -2.28. The standard InChI is InChI=1S/C12H15F4NO3S/c1-11(2,5-6-18)17-9-4-3-8(13)7-10(9)21(19,20)12(14,15)16/h3-4,7,17-18H,5-6H2,1-2H3. The molecule has 0 radical (unpaired) electrons. The van der Waals surface area contributed by atoms with Crippen molar-refractivity contribution in [2.24, 2.45) is 0 Å². The molecule has 0 bridgehead atoms. The summed E-state index contributed by atoms with van der Waals surface area (Å²) in [4.78, 5) is -1.18. The van der Waals surface area contributed by atoms with Crippen LogP contribution in [0.25, 0.3) is 0 Å². The van der Waals surface area contributed by atoms with Crippen molar-refractivity contribution in [3.05, 3.63) is 24.0 Å². The van der Waals surface area contributed by atoms with Crippen molar-refractivity contribution in [1.82, 2.24) is 0 Å². The van der Waals surface area contributed by atoms with E-state index in [2.05, 4.69) is 5.32 Å². The van der Waals surface area contributed by atoms with Gasteiger partial charge in [-0.2, -0.15) is 13.2 Å². The Morgan fingerprint density at radius 3 is 2.29 bits per heavy atom. The highest BCUT2D eigenvalue weighted by atomic mass is 32.2. The minimum absolute atomic E-state index is 0.163. The molecule has 0 aliphatic carbocycles. The monoisotopic (exact) mass is 329 g/mol. The Morgan fingerprint density at radius 1 is 1.24 bits per heavy atom. The molecule has 0 aliphatic rings. The maximum absolute atomic E-state index is 13.1. The average molecular weight is 329 g/mol. The number of anilines is 1. The highest BCUT2D eigenvalue weighted by Crippen LogP contribution is 2.36. The first-order chi connectivity index (χ1) is 9.40. The van der Waals surface area contributed by atoms with Crippen molar-refractivity contribution in [2.45, 2.75) is 36.2 Å². The molecule has 0 unspecified atom stereocenters. The molecular formula is C12H15F4NO3S. The second-order valence-electron chi connectivity index (χ2n) is 5.07. The lowest BCUT2D eigenvalue weighted by Crippen LogP contribution is -2.33. The highest BCUT2D eigenvalue weighted by molar-refractivity contribution is 7.92. The van der Waals surface area contributed by atoms with E-state index >= 15 is 0 Å². The summed E-state index contributed by atoms with van der Waals surface area (Å²) in [5.74, 6) is -1.09. The van der Waals surface area contributed by atoms with Crippen LogP contribution in [0, 0.1) is 5.82 Å². The molecule has 120 valence electrons. The van der Waals surface area contributed by atoms with Gasteiger partial charge in [0.2, 0.25) is 0 Å². The third-order valence-corrected chi connectivity index (χ3v) is 4.27. The van der Waals surface area contributed by atoms with Gasteiger partial charge >= 0.3 is 5.51 Å². The number of hydrogen-bond acceptors (Lipinski definition) is 4. The summed E-state index contributed by atoms with van der Waals surface area (Å²) in [7, 11) is -5.68. The minimum Gasteiger partial charge on any atom is -0.396 e. The smallest absolute Gasteiger partial charge is 0.396 e. The Morgan fingerprint density at radius 2 is 1.81 bits per heavy atom. The summed E-state index contributed by atoms with van der Waals surface area (Å²) in [5, 5.41) is 11.5. The van der Waals surface area contributed by atoms with Crippen LogP contribution in [0.3, 0.4) is 0 Å². The van der Waals surface area contributed by atoms with Crippen LogP contribution in [0.15, 0.2) is 23.1 Å². The molecular weight excluding hydrogens is 314 g/mol. The summed E-state index contributed by atoms with van der Waals surface area (Å²) < 4.78 is 74.0. The fourth-order valence-corrected chi connectivity index (χ4v) is 2.58. The van der Waals surface area contributed by atoms with Gasteiger partial charge in [0.1, 0.15) is 10.7 Å². The Labute approximate surface area is 119 Å². The quantitative estimate of drug-likeness (QED) is 0.815. The van der Waals surface area contributed by atoms with E-state index in [-0.39, 0.29) is 18.7 Å². The number of halogens is 4. The van der Waals surface area contributed by atoms with Gasteiger partial charge in [-0.05, 0) is 38.5 Å². The second kappa shape index (κ2) is 5.80.